The molecule has 27 heavy (non-hydrogen) atoms. The summed E-state index contributed by atoms with van der Waals surface area (Å²) in [6.07, 6.45) is 0.973. The topological polar surface area (TPSA) is 61.8 Å². The Balaban J connectivity index is 2.37. The van der Waals surface area contributed by atoms with E-state index in [1.165, 1.54) is 20.3 Å². The van der Waals surface area contributed by atoms with Gasteiger partial charge in [-0.15, -0.1) is 11.3 Å². The molecule has 2 aromatic rings. The molecule has 0 fully saturated rings. The molecule has 1 aromatic heterocycles. The second kappa shape index (κ2) is 8.74. The number of thiophene rings is 1. The molecule has 0 saturated carbocycles. The summed E-state index contributed by atoms with van der Waals surface area (Å²) in [6.45, 7) is 3.53. The third-order valence-electron chi connectivity index (χ3n) is 4.11. The first-order chi connectivity index (χ1) is 12.7. The zero-order chi connectivity index (χ0) is 20.2. The van der Waals surface area contributed by atoms with Crippen LogP contribution in [0.1, 0.15) is 36.4 Å². The summed E-state index contributed by atoms with van der Waals surface area (Å²) >= 11 is 1.15. The minimum atomic E-state index is -0.964. The molecule has 5 nitrogen and oxygen atoms in total. The lowest BCUT2D eigenvalue weighted by atomic mass is 9.87. The third-order valence-corrected chi connectivity index (χ3v) is 5.24. The Morgan fingerprint density at radius 2 is 1.96 bits per heavy atom. The van der Waals surface area contributed by atoms with Crippen molar-refractivity contribution < 1.29 is 28.2 Å². The monoisotopic (exact) mass is 392 g/mol. The summed E-state index contributed by atoms with van der Waals surface area (Å²) in [7, 11) is 8.14. The van der Waals surface area contributed by atoms with Gasteiger partial charge in [0.15, 0.2) is 23.1 Å². The molecule has 0 N–H and O–H groups in total. The molecule has 1 heterocycles. The minimum Gasteiger partial charge on any atom is -0.493 e. The number of ether oxygens (including phenoxy) is 3. The fraction of sp³-hybridized carbons (Fsp3) is 0.474. The fourth-order valence-corrected chi connectivity index (χ4v) is 3.64. The summed E-state index contributed by atoms with van der Waals surface area (Å²) in [5.74, 6) is -1.04. The van der Waals surface area contributed by atoms with Crippen molar-refractivity contribution in [3.05, 3.63) is 22.8 Å². The highest BCUT2D eigenvalue weighted by Crippen LogP contribution is 2.40. The van der Waals surface area contributed by atoms with E-state index in [0.717, 1.165) is 11.3 Å². The average Bonchev–Trinajstić information content (AvgIpc) is 3.07. The van der Waals surface area contributed by atoms with Crippen LogP contribution < -0.4 is 9.47 Å². The van der Waals surface area contributed by atoms with Crippen LogP contribution >= 0.6 is 11.3 Å². The van der Waals surface area contributed by atoms with Gasteiger partial charge in [0.25, 0.3) is 0 Å². The summed E-state index contributed by atoms with van der Waals surface area (Å²) in [6, 6.07) is 3.13. The molecule has 144 valence electrons. The van der Waals surface area contributed by atoms with Gasteiger partial charge in [-0.2, -0.15) is 0 Å². The van der Waals surface area contributed by atoms with Crippen molar-refractivity contribution in [1.29, 1.82) is 0 Å². The predicted molar refractivity (Wildman–Crippen MR) is 104 cm³/mol. The van der Waals surface area contributed by atoms with Crippen molar-refractivity contribution in [2.24, 2.45) is 5.41 Å². The second-order valence-electron chi connectivity index (χ2n) is 6.71. The highest BCUT2D eigenvalue weighted by Gasteiger charge is 2.32. The Morgan fingerprint density at radius 1 is 1.26 bits per heavy atom. The van der Waals surface area contributed by atoms with Gasteiger partial charge < -0.3 is 14.2 Å². The standard InChI is InChI=1S/C19H22BFO5S/c1-19(2,18(23)25-4)10-12(22)15-8-11-14(27-15)9-13(24-3)17(16(11)21)26-7-5-6-20/h8-9H,5-7,10H2,1-4H3. The molecule has 0 atom stereocenters. The minimum absolute atomic E-state index is 0.00476. The zero-order valence-corrected chi connectivity index (χ0v) is 16.7. The molecule has 0 bridgehead atoms. The molecule has 0 saturated heterocycles. The molecule has 0 spiro atoms. The van der Waals surface area contributed by atoms with Crippen molar-refractivity contribution in [3.63, 3.8) is 0 Å². The molecule has 2 rings (SSSR count). The number of hydrogen-bond donors (Lipinski definition) is 0. The van der Waals surface area contributed by atoms with Crippen LogP contribution in [0.4, 0.5) is 4.39 Å². The van der Waals surface area contributed by atoms with E-state index >= 15 is 0 Å². The van der Waals surface area contributed by atoms with Gasteiger partial charge in [0, 0.05) is 22.6 Å². The Kier molecular flexibility index (Phi) is 6.86. The van der Waals surface area contributed by atoms with Gasteiger partial charge in [-0.1, -0.05) is 6.32 Å². The maximum absolute atomic E-state index is 14.9. The smallest absolute Gasteiger partial charge is 0.311 e. The number of fused-ring (bicyclic) bond motifs is 1. The van der Waals surface area contributed by atoms with E-state index in [9.17, 15) is 14.0 Å². The number of carbonyl (C=O) groups excluding carboxylic acids is 2. The van der Waals surface area contributed by atoms with E-state index in [4.69, 9.17) is 22.1 Å². The van der Waals surface area contributed by atoms with E-state index in [1.807, 2.05) is 0 Å². The molecule has 0 aliphatic heterocycles. The molecule has 2 radical (unpaired) electrons. The van der Waals surface area contributed by atoms with E-state index in [1.54, 1.807) is 19.9 Å². The highest BCUT2D eigenvalue weighted by molar-refractivity contribution is 7.20. The first kappa shape index (κ1) is 21.2. The largest absolute Gasteiger partial charge is 0.493 e. The molecule has 1 aromatic carbocycles. The van der Waals surface area contributed by atoms with Gasteiger partial charge in [0.1, 0.15) is 0 Å². The van der Waals surface area contributed by atoms with Crippen LogP contribution in [-0.2, 0) is 9.53 Å². The van der Waals surface area contributed by atoms with E-state index in [2.05, 4.69) is 0 Å². The SMILES string of the molecule is [B]CCCOc1c(OC)cc2sc(C(=O)CC(C)(C)C(=O)OC)cc2c1F. The maximum atomic E-state index is 14.9. The van der Waals surface area contributed by atoms with Crippen LogP contribution in [0, 0.1) is 11.2 Å². The lowest BCUT2D eigenvalue weighted by Gasteiger charge is -2.19. The number of hydrogen-bond acceptors (Lipinski definition) is 6. The Morgan fingerprint density at radius 3 is 2.56 bits per heavy atom. The van der Waals surface area contributed by atoms with Crippen LogP contribution in [0.2, 0.25) is 6.32 Å². The number of methoxy groups -OCH3 is 2. The normalized spacial score (nSPS) is 11.4. The summed E-state index contributed by atoms with van der Waals surface area (Å²) in [5.41, 5.74) is -0.964. The zero-order valence-electron chi connectivity index (χ0n) is 15.9. The molecular weight excluding hydrogens is 370 g/mol. The van der Waals surface area contributed by atoms with E-state index in [0.29, 0.717) is 22.3 Å². The van der Waals surface area contributed by atoms with Gasteiger partial charge in [-0.25, -0.2) is 4.39 Å². The average molecular weight is 392 g/mol. The number of Topliss-reactive ketones (excluding diaryl/α,β-unsaturated/α-hetero) is 1. The van der Waals surface area contributed by atoms with Crippen molar-refractivity contribution in [3.8, 4) is 11.5 Å². The van der Waals surface area contributed by atoms with Gasteiger partial charge in [-0.3, -0.25) is 9.59 Å². The van der Waals surface area contributed by atoms with Crippen LogP contribution in [0.3, 0.4) is 0 Å². The van der Waals surface area contributed by atoms with Crippen molar-refractivity contribution in [2.75, 3.05) is 20.8 Å². The first-order valence-electron chi connectivity index (χ1n) is 8.49. The van der Waals surface area contributed by atoms with Crippen molar-refractivity contribution in [1.82, 2.24) is 0 Å². The Bertz CT molecular complexity index is 846. The van der Waals surface area contributed by atoms with Crippen molar-refractivity contribution in [2.45, 2.75) is 33.0 Å². The van der Waals surface area contributed by atoms with Crippen LogP contribution in [0.25, 0.3) is 10.1 Å². The maximum Gasteiger partial charge on any atom is 0.311 e. The van der Waals surface area contributed by atoms with Crippen LogP contribution in [-0.4, -0.2) is 40.4 Å². The van der Waals surface area contributed by atoms with Gasteiger partial charge >= 0.3 is 5.97 Å². The van der Waals surface area contributed by atoms with Crippen LogP contribution in [0.15, 0.2) is 12.1 Å². The summed E-state index contributed by atoms with van der Waals surface area (Å²) in [4.78, 5) is 24.8. The first-order valence-corrected chi connectivity index (χ1v) is 9.31. The lowest BCUT2D eigenvalue weighted by Crippen LogP contribution is -2.28. The Labute approximate surface area is 163 Å². The van der Waals surface area contributed by atoms with E-state index in [-0.39, 0.29) is 35.7 Å². The lowest BCUT2D eigenvalue weighted by molar-refractivity contribution is -0.150. The molecule has 0 unspecified atom stereocenters. The van der Waals surface area contributed by atoms with E-state index < -0.39 is 17.2 Å². The predicted octanol–water partition coefficient (Wildman–Crippen LogP) is 4.18. The highest BCUT2D eigenvalue weighted by atomic mass is 32.1. The van der Waals surface area contributed by atoms with Gasteiger partial charge in [-0.05, 0) is 26.3 Å². The van der Waals surface area contributed by atoms with Gasteiger partial charge in [0.05, 0.1) is 39.0 Å². The molecular formula is C19H22BFO5S. The van der Waals surface area contributed by atoms with Crippen molar-refractivity contribution >= 4 is 41.0 Å². The molecule has 0 aliphatic rings. The summed E-state index contributed by atoms with van der Waals surface area (Å²) < 4.78 is 30.9. The number of ketones is 1. The number of benzene rings is 1. The number of carbonyl (C=O) groups is 2. The Hall–Kier alpha value is -2.09. The molecule has 0 aliphatic carbocycles. The molecule has 8 heteroatoms. The second-order valence-corrected chi connectivity index (χ2v) is 7.79. The van der Waals surface area contributed by atoms with Gasteiger partial charge in [0.2, 0.25) is 0 Å². The third kappa shape index (κ3) is 4.61. The quantitative estimate of drug-likeness (QED) is 0.277. The van der Waals surface area contributed by atoms with Crippen LogP contribution in [0.5, 0.6) is 11.5 Å². The molecule has 0 amide bonds. The number of esters is 1. The number of rotatable bonds is 9. The number of halogens is 1. The summed E-state index contributed by atoms with van der Waals surface area (Å²) in [5, 5.41) is 0.280. The fourth-order valence-electron chi connectivity index (χ4n) is 2.62.